The zero-order chi connectivity index (χ0) is 44.3. The van der Waals surface area contributed by atoms with Crippen LogP contribution in [0.3, 0.4) is 0 Å². The van der Waals surface area contributed by atoms with Gasteiger partial charge in [-0.1, -0.05) is 80.2 Å². The average molecular weight is 850 g/mol. The van der Waals surface area contributed by atoms with Crippen molar-refractivity contribution < 1.29 is 47.7 Å². The van der Waals surface area contributed by atoms with Crippen LogP contribution in [0.4, 0.5) is 21.0 Å². The van der Waals surface area contributed by atoms with Crippen molar-refractivity contribution in [2.45, 2.75) is 129 Å². The van der Waals surface area contributed by atoms with Gasteiger partial charge >= 0.3 is 12.2 Å². The van der Waals surface area contributed by atoms with Crippen molar-refractivity contribution in [2.75, 3.05) is 30.5 Å². The van der Waals surface area contributed by atoms with Gasteiger partial charge in [0.05, 0.1) is 24.4 Å². The van der Waals surface area contributed by atoms with Gasteiger partial charge in [-0.2, -0.15) is 0 Å². The number of aliphatic hydroxyl groups is 1. The van der Waals surface area contributed by atoms with Crippen molar-refractivity contribution in [2.24, 2.45) is 11.3 Å². The molecular weight excluding hydrogens is 787 g/mol. The molecular formula is C44H63N5O10Si. The van der Waals surface area contributed by atoms with Crippen LogP contribution in [0.2, 0.25) is 16.6 Å². The third-order valence-electron chi connectivity index (χ3n) is 12.2. The molecule has 16 heteroatoms. The van der Waals surface area contributed by atoms with Crippen molar-refractivity contribution in [3.63, 3.8) is 0 Å². The van der Waals surface area contributed by atoms with Gasteiger partial charge in [0, 0.05) is 18.3 Å². The van der Waals surface area contributed by atoms with Crippen LogP contribution in [0.15, 0.2) is 49.1 Å². The van der Waals surface area contributed by atoms with E-state index in [4.69, 9.17) is 18.6 Å². The predicted molar refractivity (Wildman–Crippen MR) is 230 cm³/mol. The lowest BCUT2D eigenvalue weighted by Gasteiger charge is -2.42. The number of carbonyl (C=O) groups excluding carboxylic acids is 5. The summed E-state index contributed by atoms with van der Waals surface area (Å²) in [5.74, 6) is -0.828. The highest BCUT2D eigenvalue weighted by Gasteiger charge is 2.58. The quantitative estimate of drug-likeness (QED) is 0.100. The Kier molecular flexibility index (Phi) is 14.3. The molecule has 1 saturated heterocycles. The number of hydrogen-bond donors (Lipinski definition) is 4. The van der Waals surface area contributed by atoms with Crippen LogP contribution in [0.5, 0.6) is 11.5 Å². The molecule has 4 N–H and O–H groups in total. The molecule has 0 aromatic heterocycles. The van der Waals surface area contributed by atoms with E-state index in [2.05, 4.69) is 64.1 Å². The first-order valence-electron chi connectivity index (χ1n) is 20.9. The van der Waals surface area contributed by atoms with Gasteiger partial charge in [-0.15, -0.1) is 0 Å². The lowest BCUT2D eigenvalue weighted by Crippen LogP contribution is -2.53. The third kappa shape index (κ3) is 9.59. The van der Waals surface area contributed by atoms with E-state index in [1.165, 1.54) is 25.0 Å². The van der Waals surface area contributed by atoms with E-state index < -0.39 is 56.7 Å². The molecule has 3 aliphatic rings. The number of fused-ring (bicyclic) bond motifs is 2. The van der Waals surface area contributed by atoms with Crippen molar-refractivity contribution in [3.8, 4) is 11.5 Å². The largest absolute Gasteiger partial charge is 0.540 e. The van der Waals surface area contributed by atoms with Gasteiger partial charge < -0.3 is 44.6 Å². The smallest absolute Gasteiger partial charge is 0.416 e. The lowest BCUT2D eigenvalue weighted by atomic mass is 10.0. The molecule has 1 aliphatic carbocycles. The van der Waals surface area contributed by atoms with Crippen LogP contribution in [-0.4, -0.2) is 92.8 Å². The fourth-order valence-corrected chi connectivity index (χ4v) is 14.1. The molecule has 2 unspecified atom stereocenters. The standard InChI is InChI=1S/C44H63N5O10Si/c1-12-19-57-42(54)47-37(25(2)3)39(51)45-29(10)38(50)46-31-15-13-30(14-16-31)23-58-43(55)49-33-21-36(59-60(26(4)5,27(6)7)28(8)9)35(56-11)20-32(33)40(52)48-24-44(17-18-44)22-34(48)41(49)53/h12-16,20-21,25-29,34,37,41,53H,1,17-19,22-24H2,2-11H3,(H,45,51)(H,46,50)(H,47,54)/t29?,34-,37?,41-/m0/s1. The first-order chi connectivity index (χ1) is 28.3. The molecule has 2 heterocycles. The van der Waals surface area contributed by atoms with Crippen LogP contribution in [0.1, 0.15) is 97.5 Å². The second-order valence-corrected chi connectivity index (χ2v) is 23.0. The fraction of sp³-hybridized carbons (Fsp3) is 0.568. The lowest BCUT2D eigenvalue weighted by molar-refractivity contribution is -0.128. The maximum absolute atomic E-state index is 14.3. The van der Waals surface area contributed by atoms with Crippen LogP contribution in [0.25, 0.3) is 0 Å². The number of aliphatic hydroxyl groups excluding tert-OH is 1. The number of alkyl carbamates (subject to hydrolysis) is 1. The minimum absolute atomic E-state index is 0.0134. The summed E-state index contributed by atoms with van der Waals surface area (Å²) in [6.45, 7) is 21.8. The molecule has 1 saturated carbocycles. The number of nitrogens with one attached hydrogen (secondary N) is 3. The molecule has 4 atom stereocenters. The molecule has 0 bridgehead atoms. The van der Waals surface area contributed by atoms with Crippen molar-refractivity contribution in [1.82, 2.24) is 15.5 Å². The summed E-state index contributed by atoms with van der Waals surface area (Å²) in [6.07, 6.45) is 0.886. The summed E-state index contributed by atoms with van der Waals surface area (Å²) in [6, 6.07) is 7.38. The van der Waals surface area contributed by atoms with E-state index >= 15 is 0 Å². The SMILES string of the molecule is C=CCOC(=O)NC(C(=O)NC(C)C(=O)Nc1ccc(COC(=O)N2c3cc(O[Si](C(C)C)(C(C)C)C(C)C)c(OC)cc3C(=O)N3CC4(CC4)C[C@H]3[C@@H]2O)cc1)C(C)C. The Balaban J connectivity index is 1.33. The molecule has 1 spiro atoms. The van der Waals surface area contributed by atoms with Gasteiger partial charge in [0.25, 0.3) is 14.2 Å². The molecule has 15 nitrogen and oxygen atoms in total. The molecule has 328 valence electrons. The van der Waals surface area contributed by atoms with Crippen molar-refractivity contribution in [1.29, 1.82) is 0 Å². The fourth-order valence-electron chi connectivity index (χ4n) is 8.86. The first-order valence-corrected chi connectivity index (χ1v) is 23.0. The van der Waals surface area contributed by atoms with E-state index in [-0.39, 0.29) is 58.3 Å². The first kappa shape index (κ1) is 46.0. The summed E-state index contributed by atoms with van der Waals surface area (Å²) in [7, 11) is -1.01. The highest BCUT2D eigenvalue weighted by Crippen LogP contribution is 2.57. The Hall–Kier alpha value is -5.09. The van der Waals surface area contributed by atoms with Gasteiger partial charge in [-0.3, -0.25) is 14.4 Å². The number of nitrogens with zero attached hydrogens (tertiary/aromatic N) is 2. The molecule has 2 aromatic carbocycles. The van der Waals surface area contributed by atoms with Gasteiger partial charge in [-0.25, -0.2) is 14.5 Å². The Labute approximate surface area is 354 Å². The Morgan fingerprint density at radius 2 is 1.55 bits per heavy atom. The molecule has 60 heavy (non-hydrogen) atoms. The number of hydrogen-bond acceptors (Lipinski definition) is 10. The topological polar surface area (TPSA) is 185 Å². The van der Waals surface area contributed by atoms with E-state index in [1.54, 1.807) is 55.1 Å². The monoisotopic (exact) mass is 849 g/mol. The minimum atomic E-state index is -2.53. The number of anilines is 2. The Morgan fingerprint density at radius 3 is 2.10 bits per heavy atom. The van der Waals surface area contributed by atoms with Gasteiger partial charge in [-0.05, 0) is 77.9 Å². The summed E-state index contributed by atoms with van der Waals surface area (Å²) >= 11 is 0. The number of benzene rings is 2. The predicted octanol–water partition coefficient (Wildman–Crippen LogP) is 7.10. The van der Waals surface area contributed by atoms with E-state index in [9.17, 15) is 29.1 Å². The average Bonchev–Trinajstić information content (AvgIpc) is 3.86. The van der Waals surface area contributed by atoms with E-state index in [1.807, 2.05) is 0 Å². The molecule has 5 amide bonds. The van der Waals surface area contributed by atoms with Gasteiger partial charge in [0.2, 0.25) is 11.8 Å². The third-order valence-corrected chi connectivity index (χ3v) is 18.2. The van der Waals surface area contributed by atoms with Crippen LogP contribution in [-0.2, 0) is 25.7 Å². The summed E-state index contributed by atoms with van der Waals surface area (Å²) in [5, 5.41) is 20.0. The summed E-state index contributed by atoms with van der Waals surface area (Å²) in [5.41, 5.74) is 2.05. The normalized spacial score (nSPS) is 19.0. The summed E-state index contributed by atoms with van der Waals surface area (Å²) in [4.78, 5) is 69.5. The highest BCUT2D eigenvalue weighted by molar-refractivity contribution is 6.78. The zero-order valence-corrected chi connectivity index (χ0v) is 37.6. The molecule has 2 aromatic rings. The molecule has 2 aliphatic heterocycles. The highest BCUT2D eigenvalue weighted by atomic mass is 28.4. The number of ether oxygens (including phenoxy) is 3. The second-order valence-electron chi connectivity index (χ2n) is 17.7. The summed E-state index contributed by atoms with van der Waals surface area (Å²) < 4.78 is 23.7. The number of methoxy groups -OCH3 is 1. The van der Waals surface area contributed by atoms with Gasteiger partial charge in [0.15, 0.2) is 12.0 Å². The zero-order valence-electron chi connectivity index (χ0n) is 36.6. The number of amides is 5. The Morgan fingerprint density at radius 1 is 0.917 bits per heavy atom. The van der Waals surface area contributed by atoms with Crippen molar-refractivity contribution >= 4 is 49.6 Å². The van der Waals surface area contributed by atoms with Crippen LogP contribution >= 0.6 is 0 Å². The molecule has 2 fully saturated rings. The van der Waals surface area contributed by atoms with Crippen LogP contribution < -0.4 is 30.0 Å². The maximum atomic E-state index is 14.3. The number of carbonyl (C=O) groups is 5. The Bertz CT molecular complexity index is 1910. The van der Waals surface area contributed by atoms with E-state index in [0.717, 1.165) is 12.8 Å². The van der Waals surface area contributed by atoms with Crippen LogP contribution in [0, 0.1) is 11.3 Å². The molecule has 0 radical (unpaired) electrons. The second kappa shape index (κ2) is 18.7. The number of rotatable bonds is 16. The van der Waals surface area contributed by atoms with E-state index in [0.29, 0.717) is 35.7 Å². The maximum Gasteiger partial charge on any atom is 0.416 e. The van der Waals surface area contributed by atoms with Crippen molar-refractivity contribution in [3.05, 3.63) is 60.2 Å². The molecule has 5 rings (SSSR count). The van der Waals surface area contributed by atoms with Gasteiger partial charge in [0.1, 0.15) is 31.0 Å². The minimum Gasteiger partial charge on any atom is -0.540 e.